The smallest absolute Gasteiger partial charge is 0.132 e. The highest BCUT2D eigenvalue weighted by atomic mass is 79.9. The molecule has 14 heavy (non-hydrogen) atoms. The van der Waals surface area contributed by atoms with E-state index >= 15 is 0 Å². The topological polar surface area (TPSA) is 33.1 Å². The average molecular weight is 252 g/mol. The van der Waals surface area contributed by atoms with Gasteiger partial charge < -0.3 is 5.11 Å². The summed E-state index contributed by atoms with van der Waals surface area (Å²) in [6.07, 6.45) is 0.901. The molecule has 0 spiro atoms. The van der Waals surface area contributed by atoms with Gasteiger partial charge in [0.15, 0.2) is 0 Å². The minimum Gasteiger partial charge on any atom is -0.507 e. The first kappa shape index (κ1) is 9.46. The van der Waals surface area contributed by atoms with Gasteiger partial charge in [0, 0.05) is 11.1 Å². The minimum absolute atomic E-state index is 0.234. The predicted octanol–water partition coefficient (Wildman–Crippen LogP) is 3.27. The van der Waals surface area contributed by atoms with E-state index in [0.29, 0.717) is 4.47 Å². The van der Waals surface area contributed by atoms with Gasteiger partial charge in [-0.3, -0.25) is 4.98 Å². The van der Waals surface area contributed by atoms with E-state index in [4.69, 9.17) is 0 Å². The van der Waals surface area contributed by atoms with Gasteiger partial charge in [0.25, 0.3) is 0 Å². The lowest BCUT2D eigenvalue weighted by molar-refractivity contribution is 0.473. The van der Waals surface area contributed by atoms with E-state index in [1.807, 2.05) is 18.2 Å². The van der Waals surface area contributed by atoms with Crippen LogP contribution in [0.25, 0.3) is 10.9 Å². The molecule has 2 aromatic rings. The van der Waals surface area contributed by atoms with Gasteiger partial charge in [-0.25, -0.2) is 0 Å². The van der Waals surface area contributed by atoms with Gasteiger partial charge in [-0.05, 0) is 40.5 Å². The van der Waals surface area contributed by atoms with Crippen LogP contribution in [0.2, 0.25) is 0 Å². The lowest BCUT2D eigenvalue weighted by atomic mass is 10.2. The summed E-state index contributed by atoms with van der Waals surface area (Å²) in [6.45, 7) is 2.06. The average Bonchev–Trinajstić information content (AvgIpc) is 2.23. The lowest BCUT2D eigenvalue weighted by Gasteiger charge is -2.03. The zero-order chi connectivity index (χ0) is 10.1. The van der Waals surface area contributed by atoms with Crippen molar-refractivity contribution < 1.29 is 5.11 Å². The molecule has 0 atom stereocenters. The number of rotatable bonds is 1. The van der Waals surface area contributed by atoms with Crippen molar-refractivity contribution in [1.82, 2.24) is 4.98 Å². The molecule has 1 heterocycles. The maximum Gasteiger partial charge on any atom is 0.132 e. The Kier molecular flexibility index (Phi) is 2.42. The summed E-state index contributed by atoms with van der Waals surface area (Å²) in [7, 11) is 0. The van der Waals surface area contributed by atoms with Crippen molar-refractivity contribution in [2.75, 3.05) is 0 Å². The first-order valence-electron chi connectivity index (χ1n) is 4.49. The molecule has 0 fully saturated rings. The molecule has 0 amide bonds. The van der Waals surface area contributed by atoms with Crippen molar-refractivity contribution in [3.8, 4) is 5.75 Å². The molecule has 2 rings (SSSR count). The molecule has 3 heteroatoms. The molecule has 1 aromatic carbocycles. The lowest BCUT2D eigenvalue weighted by Crippen LogP contribution is -1.88. The normalized spacial score (nSPS) is 10.7. The Morgan fingerprint density at radius 2 is 2.00 bits per heavy atom. The van der Waals surface area contributed by atoms with Crippen LogP contribution in [0.3, 0.4) is 0 Å². The van der Waals surface area contributed by atoms with Crippen LogP contribution in [0.1, 0.15) is 12.6 Å². The SMILES string of the molecule is CCc1ccc2ccc(O)c(Br)c2n1. The second-order valence-electron chi connectivity index (χ2n) is 3.13. The van der Waals surface area contributed by atoms with Crippen LogP contribution in [-0.2, 0) is 6.42 Å². The van der Waals surface area contributed by atoms with E-state index in [-0.39, 0.29) is 5.75 Å². The van der Waals surface area contributed by atoms with Crippen molar-refractivity contribution in [3.63, 3.8) is 0 Å². The van der Waals surface area contributed by atoms with E-state index in [9.17, 15) is 5.11 Å². The number of phenols is 1. The summed E-state index contributed by atoms with van der Waals surface area (Å²) in [4.78, 5) is 4.45. The molecule has 72 valence electrons. The maximum absolute atomic E-state index is 9.49. The number of hydrogen-bond donors (Lipinski definition) is 1. The van der Waals surface area contributed by atoms with E-state index in [0.717, 1.165) is 23.0 Å². The summed E-state index contributed by atoms with van der Waals surface area (Å²) in [6, 6.07) is 7.55. The molecule has 0 saturated carbocycles. The van der Waals surface area contributed by atoms with Crippen LogP contribution >= 0.6 is 15.9 Å². The molecular formula is C11H10BrNO. The Labute approximate surface area is 90.7 Å². The van der Waals surface area contributed by atoms with E-state index in [2.05, 4.69) is 27.8 Å². The summed E-state index contributed by atoms with van der Waals surface area (Å²) in [5.41, 5.74) is 1.85. The van der Waals surface area contributed by atoms with Crippen molar-refractivity contribution >= 4 is 26.8 Å². The van der Waals surface area contributed by atoms with Crippen LogP contribution < -0.4 is 0 Å². The van der Waals surface area contributed by atoms with Crippen molar-refractivity contribution in [2.24, 2.45) is 0 Å². The van der Waals surface area contributed by atoms with Crippen LogP contribution in [0.4, 0.5) is 0 Å². The van der Waals surface area contributed by atoms with E-state index < -0.39 is 0 Å². The third-order valence-electron chi connectivity index (χ3n) is 2.20. The first-order chi connectivity index (χ1) is 6.72. The fraction of sp³-hybridized carbons (Fsp3) is 0.182. The molecule has 1 aromatic heterocycles. The quantitative estimate of drug-likeness (QED) is 0.844. The summed E-state index contributed by atoms with van der Waals surface area (Å²) in [5.74, 6) is 0.234. The standard InChI is InChI=1S/C11H10BrNO/c1-2-8-5-3-7-4-6-9(14)10(12)11(7)13-8/h3-6,14H,2H2,1H3. The highest BCUT2D eigenvalue weighted by Gasteiger charge is 2.05. The van der Waals surface area contributed by atoms with Crippen LogP contribution in [0, 0.1) is 0 Å². The van der Waals surface area contributed by atoms with E-state index in [1.54, 1.807) is 6.07 Å². The van der Waals surface area contributed by atoms with Crippen LogP contribution in [0.5, 0.6) is 5.75 Å². The Balaban J connectivity index is 2.78. The number of nitrogens with zero attached hydrogens (tertiary/aromatic N) is 1. The third kappa shape index (κ3) is 1.48. The molecule has 0 aliphatic heterocycles. The third-order valence-corrected chi connectivity index (χ3v) is 2.98. The van der Waals surface area contributed by atoms with Crippen molar-refractivity contribution in [1.29, 1.82) is 0 Å². The summed E-state index contributed by atoms with van der Waals surface area (Å²) >= 11 is 3.33. The number of halogens is 1. The zero-order valence-electron chi connectivity index (χ0n) is 7.79. The second-order valence-corrected chi connectivity index (χ2v) is 3.92. The monoisotopic (exact) mass is 251 g/mol. The van der Waals surface area contributed by atoms with Gasteiger partial charge in [-0.15, -0.1) is 0 Å². The second kappa shape index (κ2) is 3.58. The van der Waals surface area contributed by atoms with E-state index in [1.165, 1.54) is 0 Å². The van der Waals surface area contributed by atoms with Crippen molar-refractivity contribution in [2.45, 2.75) is 13.3 Å². The van der Waals surface area contributed by atoms with Crippen molar-refractivity contribution in [3.05, 3.63) is 34.4 Å². The molecule has 0 unspecified atom stereocenters. The fourth-order valence-corrected chi connectivity index (χ4v) is 1.83. The van der Waals surface area contributed by atoms with Crippen LogP contribution in [-0.4, -0.2) is 10.1 Å². The molecule has 1 N–H and O–H groups in total. The van der Waals surface area contributed by atoms with Crippen LogP contribution in [0.15, 0.2) is 28.7 Å². The zero-order valence-corrected chi connectivity index (χ0v) is 9.37. The molecular weight excluding hydrogens is 242 g/mol. The van der Waals surface area contributed by atoms with Gasteiger partial charge in [0.1, 0.15) is 5.75 Å². The highest BCUT2D eigenvalue weighted by molar-refractivity contribution is 9.10. The molecule has 2 nitrogen and oxygen atoms in total. The highest BCUT2D eigenvalue weighted by Crippen LogP contribution is 2.30. The van der Waals surface area contributed by atoms with Gasteiger partial charge in [-0.1, -0.05) is 13.0 Å². The van der Waals surface area contributed by atoms with Gasteiger partial charge >= 0.3 is 0 Å². The summed E-state index contributed by atoms with van der Waals surface area (Å²) < 4.78 is 0.672. The number of fused-ring (bicyclic) bond motifs is 1. The Morgan fingerprint density at radius 3 is 2.71 bits per heavy atom. The maximum atomic E-state index is 9.49. The number of benzene rings is 1. The Bertz CT molecular complexity index is 482. The summed E-state index contributed by atoms with van der Waals surface area (Å²) in [5, 5.41) is 10.5. The number of aryl methyl sites for hydroxylation is 1. The number of phenolic OH excluding ortho intramolecular Hbond substituents is 1. The number of aromatic hydroxyl groups is 1. The molecule has 0 saturated heterocycles. The number of aromatic nitrogens is 1. The minimum atomic E-state index is 0.234. The molecule has 0 aliphatic rings. The Morgan fingerprint density at radius 1 is 1.29 bits per heavy atom. The molecule has 0 bridgehead atoms. The van der Waals surface area contributed by atoms with Gasteiger partial charge in [-0.2, -0.15) is 0 Å². The van der Waals surface area contributed by atoms with Gasteiger partial charge in [0.2, 0.25) is 0 Å². The predicted molar refractivity (Wildman–Crippen MR) is 60.5 cm³/mol. The molecule has 0 radical (unpaired) electrons. The number of pyridine rings is 1. The largest absolute Gasteiger partial charge is 0.507 e. The molecule has 0 aliphatic carbocycles. The first-order valence-corrected chi connectivity index (χ1v) is 5.28. The van der Waals surface area contributed by atoms with Gasteiger partial charge in [0.05, 0.1) is 9.99 Å². The fourth-order valence-electron chi connectivity index (χ4n) is 1.38. The Hall–Kier alpha value is -1.09. The number of hydrogen-bond acceptors (Lipinski definition) is 2.